The van der Waals surface area contributed by atoms with Crippen molar-refractivity contribution >= 4 is 17.5 Å². The number of likely N-dealkylation sites (N-methyl/N-ethyl adjacent to an activating group) is 1. The molecule has 1 aromatic rings. The Balaban J connectivity index is 1.96. The van der Waals surface area contributed by atoms with Crippen LogP contribution in [-0.2, 0) is 11.3 Å². The van der Waals surface area contributed by atoms with Crippen molar-refractivity contribution in [1.29, 1.82) is 0 Å². The Hall–Kier alpha value is -1.13. The summed E-state index contributed by atoms with van der Waals surface area (Å²) in [6.45, 7) is 4.34. The highest BCUT2D eigenvalue weighted by atomic mass is 35.5. The van der Waals surface area contributed by atoms with Gasteiger partial charge in [-0.25, -0.2) is 4.39 Å². The van der Waals surface area contributed by atoms with Crippen LogP contribution in [0, 0.1) is 11.7 Å². The van der Waals surface area contributed by atoms with Crippen LogP contribution in [-0.4, -0.2) is 29.9 Å². The van der Waals surface area contributed by atoms with Crippen LogP contribution in [0.2, 0.25) is 5.02 Å². The van der Waals surface area contributed by atoms with Crippen LogP contribution in [0.5, 0.6) is 0 Å². The van der Waals surface area contributed by atoms with Crippen LogP contribution in [0.15, 0.2) is 18.2 Å². The van der Waals surface area contributed by atoms with E-state index in [4.69, 9.17) is 11.6 Å². The van der Waals surface area contributed by atoms with Crippen molar-refractivity contribution in [2.45, 2.75) is 58.2 Å². The molecule has 1 aliphatic carbocycles. The van der Waals surface area contributed by atoms with Crippen molar-refractivity contribution in [2.75, 3.05) is 7.05 Å². The number of rotatable bonds is 5. The van der Waals surface area contributed by atoms with Crippen LogP contribution in [0.25, 0.3) is 0 Å². The van der Waals surface area contributed by atoms with Gasteiger partial charge in [0.2, 0.25) is 5.91 Å². The smallest absolute Gasteiger partial charge is 0.237 e. The Morgan fingerprint density at radius 3 is 2.78 bits per heavy atom. The number of nitrogens with zero attached hydrogens (tertiary/aromatic N) is 1. The van der Waals surface area contributed by atoms with Gasteiger partial charge in [0.25, 0.3) is 0 Å². The highest BCUT2D eigenvalue weighted by Crippen LogP contribution is 2.24. The summed E-state index contributed by atoms with van der Waals surface area (Å²) in [5.74, 6) is 0.183. The first-order valence-corrected chi connectivity index (χ1v) is 8.71. The third kappa shape index (κ3) is 4.67. The minimum Gasteiger partial charge on any atom is -0.352 e. The normalized spacial score (nSPS) is 22.9. The molecule has 1 N–H and O–H groups in total. The molecule has 0 spiro atoms. The van der Waals surface area contributed by atoms with Crippen LogP contribution < -0.4 is 5.32 Å². The zero-order valence-corrected chi connectivity index (χ0v) is 14.9. The summed E-state index contributed by atoms with van der Waals surface area (Å²) in [5, 5.41) is 3.55. The van der Waals surface area contributed by atoms with E-state index >= 15 is 0 Å². The predicted molar refractivity (Wildman–Crippen MR) is 91.9 cm³/mol. The fourth-order valence-corrected chi connectivity index (χ4v) is 3.33. The molecule has 0 radical (unpaired) electrons. The molecule has 1 aliphatic rings. The average Bonchev–Trinajstić information content (AvgIpc) is 2.52. The Labute approximate surface area is 143 Å². The van der Waals surface area contributed by atoms with E-state index in [2.05, 4.69) is 12.2 Å². The third-order valence-electron chi connectivity index (χ3n) is 4.95. The van der Waals surface area contributed by atoms with E-state index in [1.165, 1.54) is 25.3 Å². The molecule has 2 rings (SSSR count). The van der Waals surface area contributed by atoms with Crippen molar-refractivity contribution in [3.8, 4) is 0 Å². The molecule has 5 heteroatoms. The molecule has 0 heterocycles. The molecule has 1 amide bonds. The van der Waals surface area contributed by atoms with E-state index in [1.807, 2.05) is 18.9 Å². The lowest BCUT2D eigenvalue weighted by molar-refractivity contribution is -0.126. The second-order valence-electron chi connectivity index (χ2n) is 6.67. The highest BCUT2D eigenvalue weighted by molar-refractivity contribution is 6.31. The molecule has 128 valence electrons. The Morgan fingerprint density at radius 1 is 1.43 bits per heavy atom. The molecule has 3 nitrogen and oxygen atoms in total. The van der Waals surface area contributed by atoms with Gasteiger partial charge in [-0.1, -0.05) is 37.4 Å². The number of hydrogen-bond donors (Lipinski definition) is 1. The first-order valence-electron chi connectivity index (χ1n) is 8.33. The fraction of sp³-hybridized carbons (Fsp3) is 0.611. The van der Waals surface area contributed by atoms with Crippen molar-refractivity contribution in [3.05, 3.63) is 34.6 Å². The van der Waals surface area contributed by atoms with E-state index in [0.29, 0.717) is 23.0 Å². The van der Waals surface area contributed by atoms with E-state index < -0.39 is 0 Å². The summed E-state index contributed by atoms with van der Waals surface area (Å²) in [5.41, 5.74) is 0.433. The maximum absolute atomic E-state index is 13.9. The number of halogens is 2. The van der Waals surface area contributed by atoms with E-state index in [9.17, 15) is 9.18 Å². The maximum Gasteiger partial charge on any atom is 0.237 e. The number of carbonyl (C=O) groups excluding carboxylic acids is 1. The van der Waals surface area contributed by atoms with Crippen LogP contribution in [0.3, 0.4) is 0 Å². The van der Waals surface area contributed by atoms with E-state index in [0.717, 1.165) is 6.42 Å². The minimum atomic E-state index is -0.335. The van der Waals surface area contributed by atoms with E-state index in [1.54, 1.807) is 12.1 Å². The molecular weight excluding hydrogens is 315 g/mol. The quantitative estimate of drug-likeness (QED) is 0.878. The van der Waals surface area contributed by atoms with Gasteiger partial charge in [0.05, 0.1) is 6.04 Å². The predicted octanol–water partition coefficient (Wildman–Crippen LogP) is 3.99. The fourth-order valence-electron chi connectivity index (χ4n) is 3.10. The monoisotopic (exact) mass is 340 g/mol. The molecule has 3 atom stereocenters. The average molecular weight is 341 g/mol. The van der Waals surface area contributed by atoms with Gasteiger partial charge in [0.15, 0.2) is 0 Å². The summed E-state index contributed by atoms with van der Waals surface area (Å²) in [4.78, 5) is 14.3. The summed E-state index contributed by atoms with van der Waals surface area (Å²) < 4.78 is 13.9. The first-order chi connectivity index (χ1) is 10.9. The molecule has 0 aromatic heterocycles. The SMILES string of the molecule is CC1CCCCC1NC(=O)C(C)N(C)Cc1c(F)cccc1Cl. The van der Waals surface area contributed by atoms with Crippen LogP contribution in [0.4, 0.5) is 4.39 Å². The van der Waals surface area contributed by atoms with Crippen LogP contribution in [0.1, 0.15) is 45.1 Å². The Morgan fingerprint density at radius 2 is 2.13 bits per heavy atom. The zero-order valence-electron chi connectivity index (χ0n) is 14.1. The van der Waals surface area contributed by atoms with Crippen molar-refractivity contribution in [3.63, 3.8) is 0 Å². The second kappa shape index (κ2) is 8.11. The van der Waals surface area contributed by atoms with Gasteiger partial charge in [0, 0.05) is 23.2 Å². The molecule has 0 saturated heterocycles. The second-order valence-corrected chi connectivity index (χ2v) is 7.08. The van der Waals surface area contributed by atoms with E-state index in [-0.39, 0.29) is 23.8 Å². The Kier molecular flexibility index (Phi) is 6.42. The molecular formula is C18H26ClFN2O. The first kappa shape index (κ1) is 18.2. The lowest BCUT2D eigenvalue weighted by Gasteiger charge is -2.32. The third-order valence-corrected chi connectivity index (χ3v) is 5.30. The number of carbonyl (C=O) groups is 1. The zero-order chi connectivity index (χ0) is 17.0. The van der Waals surface area contributed by atoms with Crippen LogP contribution >= 0.6 is 11.6 Å². The summed E-state index contributed by atoms with van der Waals surface area (Å²) in [6.07, 6.45) is 4.63. The number of hydrogen-bond acceptors (Lipinski definition) is 2. The highest BCUT2D eigenvalue weighted by Gasteiger charge is 2.26. The minimum absolute atomic E-state index is 0.00119. The van der Waals surface area contributed by atoms with Gasteiger partial charge < -0.3 is 5.32 Å². The van der Waals surface area contributed by atoms with Crippen molar-refractivity contribution in [1.82, 2.24) is 10.2 Å². The molecule has 0 aliphatic heterocycles. The standard InChI is InChI=1S/C18H26ClFN2O/c1-12-7-4-5-10-17(12)21-18(23)13(2)22(3)11-14-15(19)8-6-9-16(14)20/h6,8-9,12-13,17H,4-5,7,10-11H2,1-3H3,(H,21,23). The van der Waals surface area contributed by atoms with Gasteiger partial charge >= 0.3 is 0 Å². The molecule has 3 unspecified atom stereocenters. The Bertz CT molecular complexity index is 532. The van der Waals surface area contributed by atoms with Gasteiger partial charge in [0.1, 0.15) is 5.82 Å². The lowest BCUT2D eigenvalue weighted by atomic mass is 9.86. The number of amides is 1. The lowest BCUT2D eigenvalue weighted by Crippen LogP contribution is -2.49. The number of benzene rings is 1. The van der Waals surface area contributed by atoms with Gasteiger partial charge in [-0.05, 0) is 44.9 Å². The largest absolute Gasteiger partial charge is 0.352 e. The molecule has 1 fully saturated rings. The van der Waals surface area contributed by atoms with Gasteiger partial charge in [-0.2, -0.15) is 0 Å². The van der Waals surface area contributed by atoms with Gasteiger partial charge in [-0.15, -0.1) is 0 Å². The van der Waals surface area contributed by atoms with Gasteiger partial charge in [-0.3, -0.25) is 9.69 Å². The molecule has 1 aromatic carbocycles. The molecule has 23 heavy (non-hydrogen) atoms. The summed E-state index contributed by atoms with van der Waals surface area (Å²) in [7, 11) is 1.82. The topological polar surface area (TPSA) is 32.3 Å². The number of nitrogens with one attached hydrogen (secondary N) is 1. The summed E-state index contributed by atoms with van der Waals surface area (Å²) >= 11 is 6.07. The maximum atomic E-state index is 13.9. The molecule has 1 saturated carbocycles. The van der Waals surface area contributed by atoms with Crippen molar-refractivity contribution < 1.29 is 9.18 Å². The summed E-state index contributed by atoms with van der Waals surface area (Å²) in [6, 6.07) is 4.57. The molecule has 0 bridgehead atoms. The van der Waals surface area contributed by atoms with Crippen molar-refractivity contribution in [2.24, 2.45) is 5.92 Å².